The molecule has 2 atom stereocenters. The fourth-order valence-electron chi connectivity index (χ4n) is 9.54. The highest BCUT2D eigenvalue weighted by molar-refractivity contribution is 7.91. The third-order valence-electron chi connectivity index (χ3n) is 12.1. The summed E-state index contributed by atoms with van der Waals surface area (Å²) < 4.78 is 37.8. The Morgan fingerprint density at radius 2 is 1.65 bits per heavy atom. The lowest BCUT2D eigenvalue weighted by molar-refractivity contribution is 0.0472. The predicted molar refractivity (Wildman–Crippen MR) is 201 cm³/mol. The molecule has 2 aromatic heterocycles. The number of benzene rings is 2. The number of allylic oxidation sites excluding steroid dienone is 1. The third-order valence-corrected chi connectivity index (χ3v) is 13.9. The van der Waals surface area contributed by atoms with Crippen LogP contribution < -0.4 is 9.46 Å². The first-order valence-electron chi connectivity index (χ1n) is 18.8. The molecule has 272 valence electrons. The molecule has 2 saturated heterocycles. The number of amides is 2. The lowest BCUT2D eigenvalue weighted by Crippen LogP contribution is -2.54. The molecule has 12 heteroatoms. The van der Waals surface area contributed by atoms with Crippen LogP contribution in [0.25, 0.3) is 33.8 Å². The van der Waals surface area contributed by atoms with Crippen molar-refractivity contribution in [3.05, 3.63) is 70.5 Å². The number of likely N-dealkylation sites (N-methyl/N-ethyl adjacent to an activating group) is 1. The minimum absolute atomic E-state index is 0.0241. The fraction of sp³-hybridized carbons (Fsp3) is 0.475. The van der Waals surface area contributed by atoms with Crippen molar-refractivity contribution < 1.29 is 22.7 Å². The zero-order valence-corrected chi connectivity index (χ0v) is 30.9. The third kappa shape index (κ3) is 5.57. The van der Waals surface area contributed by atoms with E-state index in [2.05, 4.69) is 49.4 Å². The highest BCUT2D eigenvalue weighted by Gasteiger charge is 2.43. The van der Waals surface area contributed by atoms with Crippen LogP contribution in [0.15, 0.2) is 42.6 Å². The monoisotopic (exact) mass is 722 g/mol. The van der Waals surface area contributed by atoms with Crippen molar-refractivity contribution in [2.45, 2.75) is 87.6 Å². The van der Waals surface area contributed by atoms with E-state index in [0.29, 0.717) is 36.4 Å². The molecule has 5 heterocycles. The van der Waals surface area contributed by atoms with Crippen LogP contribution in [-0.2, 0) is 23.6 Å². The van der Waals surface area contributed by atoms with Gasteiger partial charge in [-0.1, -0.05) is 25.3 Å². The quantitative estimate of drug-likeness (QED) is 0.257. The van der Waals surface area contributed by atoms with E-state index in [1.54, 1.807) is 19.4 Å². The molecular weight excluding hydrogens is 677 g/mol. The standard InChI is InChI=1S/C40H46N6O5S/c1-43-22-28-10-11-29(23-43)46(28)40(48)34-20-41-44(2)37(34)27-17-26-18-30(51-3)12-16-32(26)38-36(24-7-5-4-6-8-24)33-15-9-25(19-35(33)45(38)21-27)39(47)42-52(49,50)31-13-14-31/h9,12,15-20,24,28-29,31H,4-8,10-11,13-14,21-23H2,1-3H3,(H,42,47). The summed E-state index contributed by atoms with van der Waals surface area (Å²) in [6.07, 6.45) is 12.7. The number of sulfonamides is 1. The number of aryl methyl sites for hydroxylation is 1. The van der Waals surface area contributed by atoms with E-state index in [0.717, 1.165) is 96.4 Å². The first-order valence-corrected chi connectivity index (χ1v) is 20.3. The molecule has 4 aromatic rings. The summed E-state index contributed by atoms with van der Waals surface area (Å²) in [6.45, 7) is 2.17. The van der Waals surface area contributed by atoms with Crippen LogP contribution in [0, 0.1) is 0 Å². The number of hydrogen-bond acceptors (Lipinski definition) is 7. The van der Waals surface area contributed by atoms with Gasteiger partial charge < -0.3 is 19.1 Å². The van der Waals surface area contributed by atoms with Crippen LogP contribution in [0.5, 0.6) is 5.75 Å². The predicted octanol–water partition coefficient (Wildman–Crippen LogP) is 5.79. The van der Waals surface area contributed by atoms with Crippen LogP contribution in [0.2, 0.25) is 0 Å². The molecule has 2 unspecified atom stereocenters. The number of carbonyl (C=O) groups is 2. The highest BCUT2D eigenvalue weighted by Crippen LogP contribution is 2.48. The van der Waals surface area contributed by atoms with E-state index in [-0.39, 0.29) is 18.0 Å². The molecule has 2 amide bonds. The Morgan fingerprint density at radius 3 is 2.37 bits per heavy atom. The van der Waals surface area contributed by atoms with Crippen molar-refractivity contribution in [3.63, 3.8) is 0 Å². The number of nitrogens with one attached hydrogen (secondary N) is 1. The van der Waals surface area contributed by atoms with E-state index in [9.17, 15) is 18.0 Å². The second kappa shape index (κ2) is 12.6. The molecule has 11 nitrogen and oxygen atoms in total. The van der Waals surface area contributed by atoms with Gasteiger partial charge in [-0.2, -0.15) is 5.10 Å². The molecule has 3 aliphatic heterocycles. The molecule has 2 aliphatic carbocycles. The van der Waals surface area contributed by atoms with Crippen molar-refractivity contribution in [2.24, 2.45) is 7.05 Å². The summed E-state index contributed by atoms with van der Waals surface area (Å²) in [5.41, 5.74) is 7.88. The lowest BCUT2D eigenvalue weighted by Gasteiger charge is -2.39. The summed E-state index contributed by atoms with van der Waals surface area (Å²) in [5, 5.41) is 5.25. The SMILES string of the molecule is COc1ccc2c(c1)C=C(c1c(C(=O)N3C4CCC3CN(C)C4)cnn1C)Cn1c-2c(C2CCCCC2)c2ccc(C(=O)NS(=O)(=O)C3CC3)cc21. The van der Waals surface area contributed by atoms with Crippen molar-refractivity contribution in [3.8, 4) is 17.0 Å². The van der Waals surface area contributed by atoms with Gasteiger partial charge in [-0.25, -0.2) is 13.1 Å². The molecule has 2 aromatic carbocycles. The number of aromatic nitrogens is 3. The van der Waals surface area contributed by atoms with Gasteiger partial charge in [-0.05, 0) is 105 Å². The summed E-state index contributed by atoms with van der Waals surface area (Å²) in [5.74, 6) is 0.486. The van der Waals surface area contributed by atoms with Gasteiger partial charge in [0.25, 0.3) is 11.8 Å². The van der Waals surface area contributed by atoms with E-state index >= 15 is 0 Å². The molecule has 0 radical (unpaired) electrons. The molecule has 2 saturated carbocycles. The first-order chi connectivity index (χ1) is 25.1. The van der Waals surface area contributed by atoms with Gasteiger partial charge in [0, 0.05) is 54.3 Å². The Labute approximate surface area is 304 Å². The molecule has 9 rings (SSSR count). The number of nitrogens with zero attached hydrogens (tertiary/aromatic N) is 5. The second-order valence-electron chi connectivity index (χ2n) is 15.6. The summed E-state index contributed by atoms with van der Waals surface area (Å²) in [7, 11) is 1.98. The Balaban J connectivity index is 1.22. The highest BCUT2D eigenvalue weighted by atomic mass is 32.2. The maximum Gasteiger partial charge on any atom is 0.264 e. The zero-order chi connectivity index (χ0) is 35.9. The van der Waals surface area contributed by atoms with Crippen LogP contribution in [-0.4, -0.2) is 89.0 Å². The van der Waals surface area contributed by atoms with E-state index in [4.69, 9.17) is 4.74 Å². The number of carbonyl (C=O) groups excluding carboxylic acids is 2. The number of rotatable bonds is 7. The van der Waals surface area contributed by atoms with Crippen molar-refractivity contribution in [2.75, 3.05) is 27.2 Å². The van der Waals surface area contributed by atoms with Gasteiger partial charge in [0.15, 0.2) is 0 Å². The number of ether oxygens (including phenoxy) is 1. The van der Waals surface area contributed by atoms with Gasteiger partial charge >= 0.3 is 0 Å². The van der Waals surface area contributed by atoms with Crippen LogP contribution in [0.1, 0.15) is 101 Å². The van der Waals surface area contributed by atoms with Crippen molar-refractivity contribution in [1.29, 1.82) is 0 Å². The summed E-state index contributed by atoms with van der Waals surface area (Å²) in [4.78, 5) is 32.5. The smallest absolute Gasteiger partial charge is 0.264 e. The van der Waals surface area contributed by atoms with E-state index < -0.39 is 21.2 Å². The molecule has 1 N–H and O–H groups in total. The molecule has 4 fully saturated rings. The van der Waals surface area contributed by atoms with Gasteiger partial charge in [0.1, 0.15) is 5.75 Å². The molecular formula is C40H46N6O5S. The normalized spacial score (nSPS) is 22.1. The Bertz CT molecular complexity index is 2250. The maximum atomic E-state index is 14.5. The second-order valence-corrected chi connectivity index (χ2v) is 17.5. The number of fused-ring (bicyclic) bond motifs is 7. The first kappa shape index (κ1) is 33.4. The number of piperazine rings is 1. The average Bonchev–Trinajstić information content (AvgIpc) is 3.84. The molecule has 2 bridgehead atoms. The lowest BCUT2D eigenvalue weighted by atomic mass is 9.81. The van der Waals surface area contributed by atoms with Crippen LogP contribution in [0.3, 0.4) is 0 Å². The van der Waals surface area contributed by atoms with Gasteiger partial charge in [-0.15, -0.1) is 0 Å². The van der Waals surface area contributed by atoms with Crippen molar-refractivity contribution in [1.82, 2.24) is 28.9 Å². The number of likely N-dealkylation sites (tertiary alicyclic amines) is 1. The minimum atomic E-state index is -3.72. The van der Waals surface area contributed by atoms with Gasteiger partial charge in [0.2, 0.25) is 10.0 Å². The van der Waals surface area contributed by atoms with Crippen molar-refractivity contribution >= 4 is 44.4 Å². The average molecular weight is 723 g/mol. The summed E-state index contributed by atoms with van der Waals surface area (Å²) >= 11 is 0. The van der Waals surface area contributed by atoms with E-state index in [1.807, 2.05) is 29.9 Å². The largest absolute Gasteiger partial charge is 0.497 e. The van der Waals surface area contributed by atoms with Gasteiger partial charge in [0.05, 0.1) is 42.1 Å². The molecule has 52 heavy (non-hydrogen) atoms. The zero-order valence-electron chi connectivity index (χ0n) is 30.1. The van der Waals surface area contributed by atoms with Crippen LogP contribution >= 0.6 is 0 Å². The molecule has 5 aliphatic rings. The molecule has 0 spiro atoms. The Hall–Kier alpha value is -4.42. The topological polar surface area (TPSA) is 119 Å². The summed E-state index contributed by atoms with van der Waals surface area (Å²) in [6, 6.07) is 12.2. The van der Waals surface area contributed by atoms with E-state index in [1.165, 1.54) is 12.0 Å². The minimum Gasteiger partial charge on any atom is -0.497 e. The fourth-order valence-corrected chi connectivity index (χ4v) is 10.8. The Kier molecular flexibility index (Phi) is 8.11. The number of hydrogen-bond donors (Lipinski definition) is 1. The Morgan fingerprint density at radius 1 is 0.904 bits per heavy atom. The maximum absolute atomic E-state index is 14.5. The number of methoxy groups -OCH3 is 1. The van der Waals surface area contributed by atoms with Crippen LogP contribution in [0.4, 0.5) is 0 Å². The van der Waals surface area contributed by atoms with Gasteiger partial charge in [-0.3, -0.25) is 14.3 Å².